The van der Waals surface area contributed by atoms with Crippen LogP contribution in [-0.2, 0) is 0 Å². The molecule has 0 saturated heterocycles. The van der Waals surface area contributed by atoms with Gasteiger partial charge in [-0.3, -0.25) is 0 Å². The van der Waals surface area contributed by atoms with Crippen LogP contribution in [0.25, 0.3) is 60.5 Å². The van der Waals surface area contributed by atoms with E-state index >= 15 is 0 Å². The van der Waals surface area contributed by atoms with Crippen LogP contribution in [0, 0.1) is 13.8 Å². The zero-order valence-corrected chi connectivity index (χ0v) is 28.2. The van der Waals surface area contributed by atoms with Gasteiger partial charge in [0.1, 0.15) is 0 Å². The quantitative estimate of drug-likeness (QED) is 0.176. The number of hydrogen-bond donors (Lipinski definition) is 0. The summed E-state index contributed by atoms with van der Waals surface area (Å²) in [6.45, 7) is 4.46. The number of benzene rings is 8. The van der Waals surface area contributed by atoms with E-state index in [2.05, 4.69) is 205 Å². The summed E-state index contributed by atoms with van der Waals surface area (Å²) in [6, 6.07) is 65.9. The highest BCUT2D eigenvalue weighted by atomic mass is 15.1. The summed E-state index contributed by atoms with van der Waals surface area (Å²) in [6.07, 6.45) is 0. The van der Waals surface area contributed by atoms with Gasteiger partial charge >= 0.3 is 0 Å². The largest absolute Gasteiger partial charge is 0.310 e. The molecule has 8 aromatic carbocycles. The van der Waals surface area contributed by atoms with Crippen LogP contribution in [0.4, 0.5) is 17.1 Å². The van der Waals surface area contributed by atoms with Gasteiger partial charge in [-0.15, -0.1) is 0 Å². The van der Waals surface area contributed by atoms with Gasteiger partial charge in [0.2, 0.25) is 0 Å². The third-order valence-corrected chi connectivity index (χ3v) is 10.0. The number of para-hydroxylation sites is 3. The Hall–Kier alpha value is -6.38. The van der Waals surface area contributed by atoms with Crippen LogP contribution in [0.5, 0.6) is 0 Å². The third kappa shape index (κ3) is 5.14. The molecule has 1 heterocycles. The second-order valence-electron chi connectivity index (χ2n) is 13.2. The van der Waals surface area contributed by atoms with Crippen LogP contribution < -0.4 is 4.90 Å². The number of fused-ring (bicyclic) bond motifs is 4. The molecule has 2 heteroatoms. The summed E-state index contributed by atoms with van der Waals surface area (Å²) in [7, 11) is 0. The molecule has 0 atom stereocenters. The van der Waals surface area contributed by atoms with Crippen LogP contribution in [0.15, 0.2) is 182 Å². The minimum absolute atomic E-state index is 1.14. The van der Waals surface area contributed by atoms with Crippen molar-refractivity contribution in [2.75, 3.05) is 4.90 Å². The van der Waals surface area contributed by atoms with E-state index in [1.54, 1.807) is 0 Å². The smallest absolute Gasteiger partial charge is 0.0541 e. The Balaban J connectivity index is 1.08. The van der Waals surface area contributed by atoms with Gasteiger partial charge in [-0.2, -0.15) is 0 Å². The highest BCUT2D eigenvalue weighted by molar-refractivity contribution is 6.10. The maximum Gasteiger partial charge on any atom is 0.0541 e. The van der Waals surface area contributed by atoms with Crippen molar-refractivity contribution in [1.82, 2.24) is 4.57 Å². The lowest BCUT2D eigenvalue weighted by Gasteiger charge is -2.27. The van der Waals surface area contributed by atoms with Gasteiger partial charge < -0.3 is 9.47 Å². The molecular weight excluding hydrogens is 605 g/mol. The average Bonchev–Trinajstić information content (AvgIpc) is 3.50. The first-order valence-corrected chi connectivity index (χ1v) is 17.3. The van der Waals surface area contributed by atoms with Crippen LogP contribution in [-0.4, -0.2) is 4.57 Å². The molecule has 238 valence electrons. The first kappa shape index (κ1) is 29.7. The van der Waals surface area contributed by atoms with E-state index < -0.39 is 0 Å². The molecule has 0 aliphatic carbocycles. The molecule has 0 radical (unpaired) electrons. The molecule has 0 fully saturated rings. The predicted octanol–water partition coefficient (Wildman–Crippen LogP) is 13.4. The zero-order valence-electron chi connectivity index (χ0n) is 28.2. The van der Waals surface area contributed by atoms with Crippen LogP contribution in [0.1, 0.15) is 11.1 Å². The average molecular weight is 641 g/mol. The van der Waals surface area contributed by atoms with Crippen molar-refractivity contribution in [2.45, 2.75) is 13.8 Å². The minimum Gasteiger partial charge on any atom is -0.310 e. The lowest BCUT2D eigenvalue weighted by atomic mass is 9.92. The zero-order chi connectivity index (χ0) is 33.6. The number of hydrogen-bond acceptors (Lipinski definition) is 1. The summed E-state index contributed by atoms with van der Waals surface area (Å²) in [4.78, 5) is 2.35. The minimum atomic E-state index is 1.14. The monoisotopic (exact) mass is 640 g/mol. The van der Waals surface area contributed by atoms with Gasteiger partial charge in [-0.05, 0) is 125 Å². The van der Waals surface area contributed by atoms with Crippen molar-refractivity contribution in [2.24, 2.45) is 0 Å². The topological polar surface area (TPSA) is 8.17 Å². The fourth-order valence-electron chi connectivity index (χ4n) is 7.58. The summed E-state index contributed by atoms with van der Waals surface area (Å²) >= 11 is 0. The van der Waals surface area contributed by atoms with E-state index in [1.165, 1.54) is 71.6 Å². The van der Waals surface area contributed by atoms with E-state index in [9.17, 15) is 0 Å². The summed E-state index contributed by atoms with van der Waals surface area (Å²) in [5.74, 6) is 0. The van der Waals surface area contributed by atoms with Gasteiger partial charge in [0, 0.05) is 33.5 Å². The standard InChI is InChI=1S/C48H36N2/c1-33-29-37(38-23-28-48-46(32-38)45-19-11-12-20-47(45)50(48)40-17-7-4-8-18-40)22-26-43(33)44-27-25-41(30-34(44)2)49(39-15-5-3-6-16-39)42-24-21-35-13-9-10-14-36(35)31-42/h3-32H,1-2H3. The molecule has 9 aromatic rings. The lowest BCUT2D eigenvalue weighted by Crippen LogP contribution is -2.10. The second-order valence-corrected chi connectivity index (χ2v) is 13.2. The molecule has 0 saturated carbocycles. The van der Waals surface area contributed by atoms with Crippen molar-refractivity contribution in [3.05, 3.63) is 193 Å². The molecular formula is C48H36N2. The molecule has 0 unspecified atom stereocenters. The molecule has 1 aromatic heterocycles. The van der Waals surface area contributed by atoms with Gasteiger partial charge in [-0.1, -0.05) is 115 Å². The van der Waals surface area contributed by atoms with Gasteiger partial charge in [0.25, 0.3) is 0 Å². The van der Waals surface area contributed by atoms with E-state index in [4.69, 9.17) is 0 Å². The Bertz CT molecular complexity index is 2670. The maximum absolute atomic E-state index is 2.37. The Morgan fingerprint density at radius 3 is 1.74 bits per heavy atom. The van der Waals surface area contributed by atoms with Crippen molar-refractivity contribution in [3.8, 4) is 27.9 Å². The second kappa shape index (κ2) is 12.3. The summed E-state index contributed by atoms with van der Waals surface area (Å²) in [5, 5.41) is 5.01. The maximum atomic E-state index is 2.37. The van der Waals surface area contributed by atoms with Crippen LogP contribution in [0.3, 0.4) is 0 Å². The first-order chi connectivity index (χ1) is 24.6. The van der Waals surface area contributed by atoms with E-state index in [0.29, 0.717) is 0 Å². The number of nitrogens with zero attached hydrogens (tertiary/aromatic N) is 2. The molecule has 0 spiro atoms. The van der Waals surface area contributed by atoms with Gasteiger partial charge in [0.05, 0.1) is 11.0 Å². The van der Waals surface area contributed by atoms with Crippen molar-refractivity contribution in [3.63, 3.8) is 0 Å². The summed E-state index contributed by atoms with van der Waals surface area (Å²) in [5.41, 5.74) is 14.5. The fraction of sp³-hybridized carbons (Fsp3) is 0.0417. The molecule has 0 aliphatic rings. The fourth-order valence-corrected chi connectivity index (χ4v) is 7.58. The van der Waals surface area contributed by atoms with Gasteiger partial charge in [0.15, 0.2) is 0 Å². The van der Waals surface area contributed by atoms with Gasteiger partial charge in [-0.25, -0.2) is 0 Å². The van der Waals surface area contributed by atoms with Crippen LogP contribution >= 0.6 is 0 Å². The Morgan fingerprint density at radius 2 is 0.960 bits per heavy atom. The van der Waals surface area contributed by atoms with E-state index in [-0.39, 0.29) is 0 Å². The van der Waals surface area contributed by atoms with Crippen LogP contribution in [0.2, 0.25) is 0 Å². The molecule has 2 nitrogen and oxygen atoms in total. The lowest BCUT2D eigenvalue weighted by molar-refractivity contribution is 1.18. The Kier molecular flexibility index (Phi) is 7.29. The number of aromatic nitrogens is 1. The number of aryl methyl sites for hydroxylation is 2. The number of rotatable bonds is 6. The first-order valence-electron chi connectivity index (χ1n) is 17.3. The SMILES string of the molecule is Cc1cc(-c2ccc3c(c2)c2ccccc2n3-c2ccccc2)ccc1-c1ccc(N(c2ccccc2)c2ccc3ccccc3c2)cc1C. The molecule has 50 heavy (non-hydrogen) atoms. The normalized spacial score (nSPS) is 11.4. The molecule has 0 aliphatic heterocycles. The molecule has 0 N–H and O–H groups in total. The van der Waals surface area contributed by atoms with E-state index in [0.717, 1.165) is 17.1 Å². The van der Waals surface area contributed by atoms with Crippen molar-refractivity contribution < 1.29 is 0 Å². The van der Waals surface area contributed by atoms with E-state index in [1.807, 2.05) is 0 Å². The molecule has 0 bridgehead atoms. The summed E-state index contributed by atoms with van der Waals surface area (Å²) < 4.78 is 2.37. The molecule has 9 rings (SSSR count). The molecule has 0 amide bonds. The Labute approximate surface area is 293 Å². The predicted molar refractivity (Wildman–Crippen MR) is 213 cm³/mol. The third-order valence-electron chi connectivity index (χ3n) is 10.0. The highest BCUT2D eigenvalue weighted by Crippen LogP contribution is 2.40. The highest BCUT2D eigenvalue weighted by Gasteiger charge is 2.17. The number of anilines is 3. The van der Waals surface area contributed by atoms with Crippen molar-refractivity contribution >= 4 is 49.6 Å². The van der Waals surface area contributed by atoms with Crippen molar-refractivity contribution in [1.29, 1.82) is 0 Å². The Morgan fingerprint density at radius 1 is 0.380 bits per heavy atom.